The lowest BCUT2D eigenvalue weighted by Gasteiger charge is -2.23. The van der Waals surface area contributed by atoms with E-state index >= 15 is 0 Å². The highest BCUT2D eigenvalue weighted by atomic mass is 16.5. The first-order chi connectivity index (χ1) is 14.6. The van der Waals surface area contributed by atoms with Crippen molar-refractivity contribution in [3.8, 4) is 5.75 Å². The minimum atomic E-state index is -0.0739. The summed E-state index contributed by atoms with van der Waals surface area (Å²) in [6.07, 6.45) is 3.63. The fourth-order valence-corrected chi connectivity index (χ4v) is 3.18. The highest BCUT2D eigenvalue weighted by molar-refractivity contribution is 5.96. The van der Waals surface area contributed by atoms with Gasteiger partial charge >= 0.3 is 0 Å². The molecular weight excluding hydrogens is 376 g/mol. The van der Waals surface area contributed by atoms with E-state index in [0.717, 1.165) is 29.9 Å². The monoisotopic (exact) mass is 406 g/mol. The van der Waals surface area contributed by atoms with Crippen molar-refractivity contribution >= 4 is 11.6 Å². The van der Waals surface area contributed by atoms with Gasteiger partial charge in [-0.3, -0.25) is 4.79 Å². The van der Waals surface area contributed by atoms with Gasteiger partial charge in [-0.05, 0) is 48.4 Å². The molecule has 1 heterocycles. The van der Waals surface area contributed by atoms with E-state index in [9.17, 15) is 4.79 Å². The van der Waals surface area contributed by atoms with Gasteiger partial charge in [-0.15, -0.1) is 0 Å². The van der Waals surface area contributed by atoms with Crippen LogP contribution >= 0.6 is 0 Å². The zero-order valence-corrected chi connectivity index (χ0v) is 18.0. The van der Waals surface area contributed by atoms with Gasteiger partial charge in [-0.25, -0.2) is 0 Å². The van der Waals surface area contributed by atoms with Crippen LogP contribution in [0.15, 0.2) is 71.3 Å². The van der Waals surface area contributed by atoms with E-state index in [0.29, 0.717) is 31.0 Å². The van der Waals surface area contributed by atoms with Crippen molar-refractivity contribution in [2.24, 2.45) is 0 Å². The number of carbonyl (C=O) groups is 1. The molecule has 1 aromatic heterocycles. The van der Waals surface area contributed by atoms with E-state index in [1.165, 1.54) is 0 Å². The quantitative estimate of drug-likeness (QED) is 0.425. The van der Waals surface area contributed by atoms with Crippen molar-refractivity contribution in [2.75, 3.05) is 25.6 Å². The molecule has 2 aromatic carbocycles. The zero-order chi connectivity index (χ0) is 21.3. The minimum Gasteiger partial charge on any atom is -0.493 e. The topological polar surface area (TPSA) is 45.9 Å². The van der Waals surface area contributed by atoms with Crippen LogP contribution in [0.25, 0.3) is 0 Å². The Kier molecular flexibility index (Phi) is 7.55. The normalized spacial score (nSPS) is 10.6. The molecule has 3 rings (SSSR count). The summed E-state index contributed by atoms with van der Waals surface area (Å²) in [6.45, 7) is 3.60. The molecule has 1 amide bonds. The number of carbonyl (C=O) groups excluding carboxylic acids is 1. The Balaban J connectivity index is 1.84. The van der Waals surface area contributed by atoms with Gasteiger partial charge in [0, 0.05) is 26.3 Å². The molecule has 0 atom stereocenters. The molecule has 0 N–H and O–H groups in total. The molecule has 5 nitrogen and oxygen atoms in total. The molecule has 0 bridgehead atoms. The predicted molar refractivity (Wildman–Crippen MR) is 120 cm³/mol. The van der Waals surface area contributed by atoms with Crippen molar-refractivity contribution < 1.29 is 13.9 Å². The van der Waals surface area contributed by atoms with Crippen LogP contribution in [0.2, 0.25) is 0 Å². The molecule has 0 spiro atoms. The lowest BCUT2D eigenvalue weighted by molar-refractivity contribution is 0.0713. The Morgan fingerprint density at radius 2 is 1.73 bits per heavy atom. The third-order valence-electron chi connectivity index (χ3n) is 4.91. The maximum Gasteiger partial charge on any atom is 0.258 e. The first-order valence-electron chi connectivity index (χ1n) is 10.4. The Labute approximate surface area is 178 Å². The maximum absolute atomic E-state index is 13.5. The Hall–Kier alpha value is -3.21. The lowest BCUT2D eigenvalue weighted by Crippen LogP contribution is -2.30. The van der Waals surface area contributed by atoms with Gasteiger partial charge in [0.25, 0.3) is 5.91 Å². The van der Waals surface area contributed by atoms with Crippen LogP contribution in [-0.4, -0.2) is 31.5 Å². The molecule has 158 valence electrons. The van der Waals surface area contributed by atoms with E-state index in [1.54, 1.807) is 11.2 Å². The van der Waals surface area contributed by atoms with E-state index < -0.39 is 0 Å². The first-order valence-corrected chi connectivity index (χ1v) is 10.4. The molecule has 5 heteroatoms. The lowest BCUT2D eigenvalue weighted by atomic mass is 10.1. The van der Waals surface area contributed by atoms with Gasteiger partial charge < -0.3 is 19.0 Å². The van der Waals surface area contributed by atoms with Crippen molar-refractivity contribution in [1.29, 1.82) is 0 Å². The van der Waals surface area contributed by atoms with E-state index in [4.69, 9.17) is 9.15 Å². The van der Waals surface area contributed by atoms with Crippen LogP contribution in [0.5, 0.6) is 5.75 Å². The third-order valence-corrected chi connectivity index (χ3v) is 4.91. The van der Waals surface area contributed by atoms with Crippen LogP contribution in [-0.2, 0) is 13.1 Å². The molecule has 3 aromatic rings. The molecule has 0 aliphatic carbocycles. The highest BCUT2D eigenvalue weighted by Crippen LogP contribution is 2.23. The van der Waals surface area contributed by atoms with Gasteiger partial charge in [0.15, 0.2) is 0 Å². The maximum atomic E-state index is 13.5. The van der Waals surface area contributed by atoms with Gasteiger partial charge in [0.1, 0.15) is 11.5 Å². The van der Waals surface area contributed by atoms with Crippen LogP contribution in [0.3, 0.4) is 0 Å². The number of hydrogen-bond acceptors (Lipinski definition) is 4. The summed E-state index contributed by atoms with van der Waals surface area (Å²) in [5.41, 5.74) is 2.76. The average molecular weight is 407 g/mol. The smallest absolute Gasteiger partial charge is 0.258 e. The third kappa shape index (κ3) is 5.66. The van der Waals surface area contributed by atoms with Crippen molar-refractivity contribution in [3.63, 3.8) is 0 Å². The molecule has 0 fully saturated rings. The molecule has 0 saturated carbocycles. The number of amides is 1. The fraction of sp³-hybridized carbons (Fsp3) is 0.320. The number of para-hydroxylation sites is 1. The second-order valence-corrected chi connectivity index (χ2v) is 7.50. The van der Waals surface area contributed by atoms with E-state index in [-0.39, 0.29) is 5.91 Å². The van der Waals surface area contributed by atoms with Crippen molar-refractivity contribution in [3.05, 3.63) is 83.8 Å². The van der Waals surface area contributed by atoms with Gasteiger partial charge in [-0.2, -0.15) is 0 Å². The largest absolute Gasteiger partial charge is 0.493 e. The Bertz CT molecular complexity index is 918. The Morgan fingerprint density at radius 3 is 2.40 bits per heavy atom. The molecule has 0 saturated heterocycles. The number of furan rings is 1. The van der Waals surface area contributed by atoms with Crippen molar-refractivity contribution in [2.45, 2.75) is 32.9 Å². The van der Waals surface area contributed by atoms with Crippen LogP contribution in [0.4, 0.5) is 5.69 Å². The second-order valence-electron chi connectivity index (χ2n) is 7.50. The molecule has 30 heavy (non-hydrogen) atoms. The predicted octanol–water partition coefficient (Wildman–Crippen LogP) is 5.37. The van der Waals surface area contributed by atoms with Gasteiger partial charge in [0.05, 0.1) is 25.0 Å². The summed E-state index contributed by atoms with van der Waals surface area (Å²) in [5, 5.41) is 0. The van der Waals surface area contributed by atoms with Crippen LogP contribution in [0, 0.1) is 0 Å². The Morgan fingerprint density at radius 1 is 0.967 bits per heavy atom. The standard InChI is InChI=1S/C25H30N2O3/c1-4-5-16-30-24-11-7-6-10-23(24)25(28)27(19-22-9-8-17-29-22)18-20-12-14-21(15-13-20)26(2)3/h6-15,17H,4-5,16,18-19H2,1-3H3. The molecular formula is C25H30N2O3. The number of nitrogens with zero attached hydrogens (tertiary/aromatic N) is 2. The molecule has 0 aliphatic heterocycles. The van der Waals surface area contributed by atoms with Gasteiger partial charge in [-0.1, -0.05) is 37.6 Å². The summed E-state index contributed by atoms with van der Waals surface area (Å²) >= 11 is 0. The summed E-state index contributed by atoms with van der Waals surface area (Å²) < 4.78 is 11.4. The van der Waals surface area contributed by atoms with Crippen LogP contribution < -0.4 is 9.64 Å². The molecule has 0 radical (unpaired) electrons. The zero-order valence-electron chi connectivity index (χ0n) is 18.0. The number of rotatable bonds is 10. The summed E-state index contributed by atoms with van der Waals surface area (Å²) in [5.74, 6) is 1.30. The summed E-state index contributed by atoms with van der Waals surface area (Å²) in [6, 6.07) is 19.4. The number of unbranched alkanes of at least 4 members (excludes halogenated alkanes) is 1. The summed E-state index contributed by atoms with van der Waals surface area (Å²) in [4.78, 5) is 17.4. The van der Waals surface area contributed by atoms with Crippen LogP contribution in [0.1, 0.15) is 41.4 Å². The molecule has 0 aliphatic rings. The number of anilines is 1. The highest BCUT2D eigenvalue weighted by Gasteiger charge is 2.21. The fourth-order valence-electron chi connectivity index (χ4n) is 3.18. The minimum absolute atomic E-state index is 0.0739. The first kappa shape index (κ1) is 21.5. The number of hydrogen-bond donors (Lipinski definition) is 0. The SMILES string of the molecule is CCCCOc1ccccc1C(=O)N(Cc1ccc(N(C)C)cc1)Cc1ccco1. The number of ether oxygens (including phenoxy) is 1. The summed E-state index contributed by atoms with van der Waals surface area (Å²) in [7, 11) is 4.02. The molecule has 0 unspecified atom stereocenters. The second kappa shape index (κ2) is 10.5. The average Bonchev–Trinajstić information content (AvgIpc) is 3.27. The number of benzene rings is 2. The van der Waals surface area contributed by atoms with Crippen molar-refractivity contribution in [1.82, 2.24) is 4.90 Å². The van der Waals surface area contributed by atoms with Gasteiger partial charge in [0.2, 0.25) is 0 Å². The van der Waals surface area contributed by atoms with E-state index in [2.05, 4.69) is 36.1 Å². The van der Waals surface area contributed by atoms with E-state index in [1.807, 2.05) is 50.5 Å².